The van der Waals surface area contributed by atoms with Crippen LogP contribution in [0.4, 0.5) is 11.6 Å². The minimum Gasteiger partial charge on any atom is -0.383 e. The first kappa shape index (κ1) is 16.3. The number of rotatable bonds is 3. The molecule has 3 aromatic heterocycles. The highest BCUT2D eigenvalue weighted by Gasteiger charge is 2.14. The lowest BCUT2D eigenvalue weighted by Gasteiger charge is -2.10. The Hall–Kier alpha value is -3.53. The number of nitrogen functional groups attached to an aromatic ring is 1. The summed E-state index contributed by atoms with van der Waals surface area (Å²) in [7, 11) is 0. The summed E-state index contributed by atoms with van der Waals surface area (Å²) in [6.07, 6.45) is 5.02. The molecule has 1 atom stereocenters. The molecule has 0 aliphatic heterocycles. The van der Waals surface area contributed by atoms with Gasteiger partial charge in [0, 0.05) is 29.5 Å². The highest BCUT2D eigenvalue weighted by molar-refractivity contribution is 5.98. The number of fused-ring (bicyclic) bond motifs is 1. The molecule has 0 fully saturated rings. The van der Waals surface area contributed by atoms with E-state index in [1.54, 1.807) is 24.7 Å². The second-order valence-corrected chi connectivity index (χ2v) is 5.71. The number of hydrogen-bond acceptors (Lipinski definition) is 6. The highest BCUT2D eigenvalue weighted by Crippen LogP contribution is 2.28. The summed E-state index contributed by atoms with van der Waals surface area (Å²) in [6, 6.07) is 7.38. The van der Waals surface area contributed by atoms with E-state index in [4.69, 9.17) is 11.0 Å². The maximum Gasteiger partial charge on any atom is 0.242 e. The Morgan fingerprint density at radius 3 is 2.88 bits per heavy atom. The van der Waals surface area contributed by atoms with Gasteiger partial charge in [-0.25, -0.2) is 9.97 Å². The number of nitrogens with two attached hydrogens (primary N) is 1. The SMILES string of the molecule is Cc1ccncc1-c1cc2cc(NC(=O)[C@@H](C)C#N)ncc2c(N)n1. The van der Waals surface area contributed by atoms with E-state index in [1.165, 1.54) is 6.92 Å². The number of anilines is 2. The molecule has 0 spiro atoms. The van der Waals surface area contributed by atoms with Gasteiger partial charge in [0.25, 0.3) is 0 Å². The molecule has 3 aromatic rings. The Bertz CT molecular complexity index is 1010. The molecule has 1 amide bonds. The molecule has 0 unspecified atom stereocenters. The Kier molecular flexibility index (Phi) is 4.27. The van der Waals surface area contributed by atoms with Gasteiger partial charge in [-0.1, -0.05) is 0 Å². The third kappa shape index (κ3) is 3.23. The normalized spacial score (nSPS) is 11.7. The molecular weight excluding hydrogens is 316 g/mol. The van der Waals surface area contributed by atoms with Crippen LogP contribution in [0.2, 0.25) is 0 Å². The molecule has 124 valence electrons. The van der Waals surface area contributed by atoms with E-state index in [-0.39, 0.29) is 0 Å². The number of aryl methyl sites for hydroxylation is 1. The van der Waals surface area contributed by atoms with Crippen molar-refractivity contribution in [3.05, 3.63) is 42.4 Å². The fraction of sp³-hybridized carbons (Fsp3) is 0.167. The minimum absolute atomic E-state index is 0.353. The number of nitrogens with zero attached hydrogens (tertiary/aromatic N) is 4. The van der Waals surface area contributed by atoms with E-state index in [1.807, 2.05) is 25.1 Å². The van der Waals surface area contributed by atoms with E-state index in [9.17, 15) is 4.79 Å². The lowest BCUT2D eigenvalue weighted by atomic mass is 10.1. The van der Waals surface area contributed by atoms with Crippen molar-refractivity contribution in [2.75, 3.05) is 11.1 Å². The molecule has 3 rings (SSSR count). The van der Waals surface area contributed by atoms with Gasteiger partial charge < -0.3 is 11.1 Å². The van der Waals surface area contributed by atoms with Crippen LogP contribution in [-0.4, -0.2) is 20.9 Å². The summed E-state index contributed by atoms with van der Waals surface area (Å²) in [5.74, 6) is -0.445. The molecule has 7 nitrogen and oxygen atoms in total. The monoisotopic (exact) mass is 332 g/mol. The van der Waals surface area contributed by atoms with Crippen LogP contribution in [0.25, 0.3) is 22.0 Å². The van der Waals surface area contributed by atoms with Crippen LogP contribution in [-0.2, 0) is 4.79 Å². The molecule has 0 saturated heterocycles. The number of nitrogens with one attached hydrogen (secondary N) is 1. The quantitative estimate of drug-likeness (QED) is 0.761. The molecule has 3 N–H and O–H groups in total. The average Bonchev–Trinajstić information content (AvgIpc) is 2.61. The summed E-state index contributed by atoms with van der Waals surface area (Å²) < 4.78 is 0. The third-order valence-corrected chi connectivity index (χ3v) is 3.90. The number of amides is 1. The molecule has 0 radical (unpaired) electrons. The van der Waals surface area contributed by atoms with Crippen molar-refractivity contribution in [1.82, 2.24) is 15.0 Å². The molecule has 0 aliphatic rings. The topological polar surface area (TPSA) is 118 Å². The van der Waals surface area contributed by atoms with Gasteiger partial charge >= 0.3 is 0 Å². The van der Waals surface area contributed by atoms with Crippen molar-refractivity contribution < 1.29 is 4.79 Å². The number of nitriles is 1. The number of aromatic nitrogens is 3. The molecule has 3 heterocycles. The van der Waals surface area contributed by atoms with E-state index in [2.05, 4.69) is 20.3 Å². The van der Waals surface area contributed by atoms with Crippen LogP contribution in [0, 0.1) is 24.2 Å². The Morgan fingerprint density at radius 2 is 2.16 bits per heavy atom. The van der Waals surface area contributed by atoms with Gasteiger partial charge in [-0.15, -0.1) is 0 Å². The lowest BCUT2D eigenvalue weighted by Crippen LogP contribution is -2.19. The molecule has 0 bridgehead atoms. The van der Waals surface area contributed by atoms with Gasteiger partial charge in [-0.3, -0.25) is 9.78 Å². The predicted octanol–water partition coefficient (Wildman–Crippen LogP) is 2.68. The smallest absolute Gasteiger partial charge is 0.242 e. The molecule has 25 heavy (non-hydrogen) atoms. The van der Waals surface area contributed by atoms with Gasteiger partial charge in [0.2, 0.25) is 5.91 Å². The van der Waals surface area contributed by atoms with Crippen molar-refractivity contribution >= 4 is 28.3 Å². The molecule has 0 aliphatic carbocycles. The fourth-order valence-corrected chi connectivity index (χ4v) is 2.41. The Labute approximate surface area is 144 Å². The zero-order valence-electron chi connectivity index (χ0n) is 13.8. The second kappa shape index (κ2) is 6.53. The minimum atomic E-state index is -0.756. The number of hydrogen-bond donors (Lipinski definition) is 2. The summed E-state index contributed by atoms with van der Waals surface area (Å²) >= 11 is 0. The number of pyridine rings is 3. The van der Waals surface area contributed by atoms with Gasteiger partial charge in [-0.05, 0) is 43.0 Å². The molecule has 7 heteroatoms. The maximum absolute atomic E-state index is 11.9. The van der Waals surface area contributed by atoms with Gasteiger partial charge in [0.05, 0.1) is 11.8 Å². The predicted molar refractivity (Wildman–Crippen MR) is 95.3 cm³/mol. The van der Waals surface area contributed by atoms with Crippen molar-refractivity contribution in [2.24, 2.45) is 5.92 Å². The van der Waals surface area contributed by atoms with Crippen LogP contribution >= 0.6 is 0 Å². The van der Waals surface area contributed by atoms with E-state index < -0.39 is 11.8 Å². The van der Waals surface area contributed by atoms with Crippen LogP contribution in [0.15, 0.2) is 36.8 Å². The molecule has 0 aromatic carbocycles. The average molecular weight is 332 g/mol. The van der Waals surface area contributed by atoms with Gasteiger partial charge in [0.15, 0.2) is 0 Å². The first-order valence-electron chi connectivity index (χ1n) is 7.67. The standard InChI is InChI=1S/C18H16N6O/c1-10-3-4-21-8-13(10)15-5-12-6-16(24-18(25)11(2)7-19)22-9-14(12)17(20)23-15/h3-6,8-9,11H,1-2H3,(H2,20,23)(H,22,24,25)/t11-/m0/s1. The summed E-state index contributed by atoms with van der Waals surface area (Å²) in [5, 5.41) is 12.9. The van der Waals surface area contributed by atoms with Crippen LogP contribution in [0.1, 0.15) is 12.5 Å². The van der Waals surface area contributed by atoms with E-state index in [0.29, 0.717) is 22.7 Å². The summed E-state index contributed by atoms with van der Waals surface area (Å²) in [6.45, 7) is 3.50. The van der Waals surface area contributed by atoms with Crippen molar-refractivity contribution in [3.8, 4) is 17.3 Å². The van der Waals surface area contributed by atoms with E-state index in [0.717, 1.165) is 16.5 Å². The number of carbonyl (C=O) groups excluding carboxylic acids is 1. The summed E-state index contributed by atoms with van der Waals surface area (Å²) in [5.41, 5.74) is 8.68. The van der Waals surface area contributed by atoms with E-state index >= 15 is 0 Å². The maximum atomic E-state index is 11.9. The Morgan fingerprint density at radius 1 is 1.36 bits per heavy atom. The third-order valence-electron chi connectivity index (χ3n) is 3.90. The van der Waals surface area contributed by atoms with Gasteiger partial charge in [0.1, 0.15) is 17.6 Å². The lowest BCUT2D eigenvalue weighted by molar-refractivity contribution is -0.117. The Balaban J connectivity index is 2.05. The first-order valence-corrected chi connectivity index (χ1v) is 7.67. The second-order valence-electron chi connectivity index (χ2n) is 5.71. The zero-order chi connectivity index (χ0) is 18.0. The van der Waals surface area contributed by atoms with Crippen molar-refractivity contribution in [3.63, 3.8) is 0 Å². The van der Waals surface area contributed by atoms with Crippen LogP contribution in [0.5, 0.6) is 0 Å². The van der Waals surface area contributed by atoms with Crippen molar-refractivity contribution in [1.29, 1.82) is 5.26 Å². The highest BCUT2D eigenvalue weighted by atomic mass is 16.1. The van der Waals surface area contributed by atoms with Gasteiger partial charge in [-0.2, -0.15) is 5.26 Å². The van der Waals surface area contributed by atoms with Crippen LogP contribution < -0.4 is 11.1 Å². The number of carbonyl (C=O) groups is 1. The molecule has 0 saturated carbocycles. The molecular formula is C18H16N6O. The largest absolute Gasteiger partial charge is 0.383 e. The zero-order valence-corrected chi connectivity index (χ0v) is 13.8. The fourth-order valence-electron chi connectivity index (χ4n) is 2.41. The van der Waals surface area contributed by atoms with Crippen molar-refractivity contribution in [2.45, 2.75) is 13.8 Å². The first-order chi connectivity index (χ1) is 12.0. The summed E-state index contributed by atoms with van der Waals surface area (Å²) in [4.78, 5) is 24.6. The van der Waals surface area contributed by atoms with Crippen LogP contribution in [0.3, 0.4) is 0 Å².